The number of halogens is 1. The normalized spacial score (nSPS) is 12.3. The first kappa shape index (κ1) is 22.6. The molecule has 0 radical (unpaired) electrons. The maximum absolute atomic E-state index is 12.2. The van der Waals surface area contributed by atoms with Crippen LogP contribution in [-0.4, -0.2) is 37.3 Å². The minimum Gasteiger partial charge on any atom is -0.465 e. The summed E-state index contributed by atoms with van der Waals surface area (Å²) in [5.41, 5.74) is 5.65. The van der Waals surface area contributed by atoms with Crippen molar-refractivity contribution >= 4 is 29.7 Å². The van der Waals surface area contributed by atoms with Crippen molar-refractivity contribution in [1.82, 2.24) is 10.3 Å². The summed E-state index contributed by atoms with van der Waals surface area (Å²) in [4.78, 5) is 27.8. The second-order valence-electron chi connectivity index (χ2n) is 7.54. The summed E-state index contributed by atoms with van der Waals surface area (Å²) in [6.07, 6.45) is 5.06. The summed E-state index contributed by atoms with van der Waals surface area (Å²) >= 11 is 6.08. The van der Waals surface area contributed by atoms with Crippen LogP contribution in [0.25, 0.3) is 17.2 Å². The summed E-state index contributed by atoms with van der Waals surface area (Å²) in [5, 5.41) is 3.04. The lowest BCUT2D eigenvalue weighted by Gasteiger charge is -2.14. The van der Waals surface area contributed by atoms with E-state index in [2.05, 4.69) is 34.6 Å². The van der Waals surface area contributed by atoms with Crippen LogP contribution in [0.4, 0.5) is 4.79 Å². The van der Waals surface area contributed by atoms with Crippen molar-refractivity contribution in [1.29, 1.82) is 0 Å². The number of esters is 1. The molecule has 6 nitrogen and oxygen atoms in total. The highest BCUT2D eigenvalue weighted by molar-refractivity contribution is 6.30. The van der Waals surface area contributed by atoms with E-state index in [9.17, 15) is 9.59 Å². The molecule has 1 aliphatic rings. The predicted molar refractivity (Wildman–Crippen MR) is 127 cm³/mol. The molecule has 1 heterocycles. The number of hydrogen-bond donors (Lipinski definition) is 1. The van der Waals surface area contributed by atoms with Crippen LogP contribution in [0.15, 0.2) is 66.9 Å². The van der Waals surface area contributed by atoms with Crippen LogP contribution >= 0.6 is 11.6 Å². The van der Waals surface area contributed by atoms with E-state index in [1.54, 1.807) is 12.1 Å². The second-order valence-corrected chi connectivity index (χ2v) is 7.90. The minimum atomic E-state index is -0.481. The molecule has 0 bridgehead atoms. The summed E-state index contributed by atoms with van der Waals surface area (Å²) in [7, 11) is 1.31. The summed E-state index contributed by atoms with van der Waals surface area (Å²) in [5.74, 6) is -0.453. The molecule has 3 aromatic rings. The number of methoxy groups -OCH3 is 1. The van der Waals surface area contributed by atoms with Gasteiger partial charge < -0.3 is 14.8 Å². The monoisotopic (exact) mass is 462 g/mol. The van der Waals surface area contributed by atoms with Gasteiger partial charge in [-0.2, -0.15) is 0 Å². The average molecular weight is 463 g/mol. The standard InChI is InChI=1S/C26H23ClN2O4/c1-32-25(30)18-14-17(24(27)29-15-18)8-6-7-13-28-26(31)33-16-23-21-11-4-2-9-19(21)20-10-3-5-12-22(20)23/h2-6,8-12,14-15,23H,7,13,16H2,1H3,(H,28,31). The van der Waals surface area contributed by atoms with Gasteiger partial charge >= 0.3 is 12.1 Å². The lowest BCUT2D eigenvalue weighted by atomic mass is 9.98. The number of aromatic nitrogens is 1. The van der Waals surface area contributed by atoms with Gasteiger partial charge in [-0.1, -0.05) is 72.3 Å². The number of fused-ring (bicyclic) bond motifs is 3. The number of pyridine rings is 1. The van der Waals surface area contributed by atoms with Gasteiger partial charge in [0.2, 0.25) is 0 Å². The van der Waals surface area contributed by atoms with Crippen molar-refractivity contribution in [2.45, 2.75) is 12.3 Å². The van der Waals surface area contributed by atoms with E-state index in [1.165, 1.54) is 35.6 Å². The molecule has 0 fully saturated rings. The number of alkyl carbamates (subject to hydrolysis) is 1. The van der Waals surface area contributed by atoms with E-state index >= 15 is 0 Å². The molecule has 1 amide bonds. The van der Waals surface area contributed by atoms with Gasteiger partial charge in [-0.3, -0.25) is 0 Å². The van der Waals surface area contributed by atoms with Crippen LogP contribution < -0.4 is 5.32 Å². The molecule has 0 aliphatic heterocycles. The number of hydrogen-bond acceptors (Lipinski definition) is 5. The molecular weight excluding hydrogens is 440 g/mol. The Bertz CT molecular complexity index is 1160. The molecule has 0 saturated heterocycles. The average Bonchev–Trinajstić information content (AvgIpc) is 3.16. The molecule has 0 atom stereocenters. The van der Waals surface area contributed by atoms with Gasteiger partial charge in [0.1, 0.15) is 11.8 Å². The Hall–Kier alpha value is -3.64. The SMILES string of the molecule is COC(=O)c1cnc(Cl)c(C=CCCNC(=O)OCC2c3ccccc3-c3ccccc32)c1. The fourth-order valence-electron chi connectivity index (χ4n) is 3.93. The number of amides is 1. The van der Waals surface area contributed by atoms with Gasteiger partial charge in [-0.15, -0.1) is 0 Å². The van der Waals surface area contributed by atoms with E-state index in [0.29, 0.717) is 24.1 Å². The van der Waals surface area contributed by atoms with Crippen LogP contribution in [0.2, 0.25) is 5.15 Å². The van der Waals surface area contributed by atoms with Crippen LogP contribution in [0.5, 0.6) is 0 Å². The quantitative estimate of drug-likeness (QED) is 0.286. The van der Waals surface area contributed by atoms with Crippen LogP contribution in [0.1, 0.15) is 39.4 Å². The molecule has 2 aromatic carbocycles. The lowest BCUT2D eigenvalue weighted by Crippen LogP contribution is -2.26. The van der Waals surface area contributed by atoms with Gasteiger partial charge in [0.25, 0.3) is 0 Å². The maximum atomic E-state index is 12.2. The highest BCUT2D eigenvalue weighted by atomic mass is 35.5. The van der Waals surface area contributed by atoms with Crippen LogP contribution in [-0.2, 0) is 9.47 Å². The van der Waals surface area contributed by atoms with E-state index in [-0.39, 0.29) is 17.7 Å². The molecule has 4 rings (SSSR count). The first-order valence-electron chi connectivity index (χ1n) is 10.6. The van der Waals surface area contributed by atoms with Gasteiger partial charge in [0.15, 0.2) is 0 Å². The molecule has 0 unspecified atom stereocenters. The number of carbonyl (C=O) groups is 2. The van der Waals surface area contributed by atoms with Crippen molar-refractivity contribution < 1.29 is 19.1 Å². The topological polar surface area (TPSA) is 77.5 Å². The molecule has 0 spiro atoms. The van der Waals surface area contributed by atoms with Gasteiger partial charge in [-0.05, 0) is 34.7 Å². The highest BCUT2D eigenvalue weighted by Gasteiger charge is 2.28. The number of nitrogens with one attached hydrogen (secondary N) is 1. The molecule has 1 N–H and O–H groups in total. The number of nitrogens with zero attached hydrogens (tertiary/aromatic N) is 1. The van der Waals surface area contributed by atoms with Crippen molar-refractivity contribution in [3.8, 4) is 11.1 Å². The summed E-state index contributed by atoms with van der Waals surface area (Å²) in [6.45, 7) is 0.673. The first-order valence-corrected chi connectivity index (χ1v) is 11.0. The van der Waals surface area contributed by atoms with E-state index < -0.39 is 12.1 Å². The lowest BCUT2D eigenvalue weighted by molar-refractivity contribution is 0.0600. The van der Waals surface area contributed by atoms with Gasteiger partial charge in [-0.25, -0.2) is 14.6 Å². The Labute approximate surface area is 197 Å². The summed E-state index contributed by atoms with van der Waals surface area (Å²) < 4.78 is 10.2. The molecule has 1 aliphatic carbocycles. The Kier molecular flexibility index (Phi) is 7.05. The Morgan fingerprint density at radius 3 is 2.42 bits per heavy atom. The van der Waals surface area contributed by atoms with E-state index in [4.69, 9.17) is 21.1 Å². The number of ether oxygens (including phenoxy) is 2. The van der Waals surface area contributed by atoms with Crippen molar-refractivity contribution in [2.24, 2.45) is 0 Å². The zero-order valence-corrected chi connectivity index (χ0v) is 18.8. The molecule has 1 aromatic heterocycles. The summed E-state index contributed by atoms with van der Waals surface area (Å²) in [6, 6.07) is 18.0. The molecule has 33 heavy (non-hydrogen) atoms. The zero-order valence-electron chi connectivity index (χ0n) is 18.1. The largest absolute Gasteiger partial charge is 0.465 e. The molecule has 0 saturated carbocycles. The molecule has 7 heteroatoms. The van der Waals surface area contributed by atoms with E-state index in [0.717, 1.165) is 0 Å². The van der Waals surface area contributed by atoms with Crippen molar-refractivity contribution in [3.05, 3.63) is 94.3 Å². The fourth-order valence-corrected chi connectivity index (χ4v) is 4.10. The molecule has 168 valence electrons. The third kappa shape index (κ3) is 5.07. The van der Waals surface area contributed by atoms with E-state index in [1.807, 2.05) is 30.3 Å². The van der Waals surface area contributed by atoms with Crippen molar-refractivity contribution in [3.63, 3.8) is 0 Å². The molecular formula is C26H23ClN2O4. The highest BCUT2D eigenvalue weighted by Crippen LogP contribution is 2.44. The number of rotatable bonds is 7. The van der Waals surface area contributed by atoms with Crippen LogP contribution in [0.3, 0.4) is 0 Å². The number of carbonyl (C=O) groups excluding carboxylic acids is 2. The van der Waals surface area contributed by atoms with Crippen molar-refractivity contribution in [2.75, 3.05) is 20.3 Å². The third-order valence-corrected chi connectivity index (χ3v) is 5.82. The third-order valence-electron chi connectivity index (χ3n) is 5.51. The fraction of sp³-hybridized carbons (Fsp3) is 0.192. The zero-order chi connectivity index (χ0) is 23.2. The maximum Gasteiger partial charge on any atom is 0.407 e. The Morgan fingerprint density at radius 1 is 1.09 bits per heavy atom. The number of benzene rings is 2. The Balaban J connectivity index is 1.28. The minimum absolute atomic E-state index is 0.0276. The van der Waals surface area contributed by atoms with Crippen LogP contribution in [0, 0.1) is 0 Å². The Morgan fingerprint density at radius 2 is 1.76 bits per heavy atom. The predicted octanol–water partition coefficient (Wildman–Crippen LogP) is 5.46. The first-order chi connectivity index (χ1) is 16.1. The van der Waals surface area contributed by atoms with Gasteiger partial charge in [0.05, 0.1) is 12.7 Å². The van der Waals surface area contributed by atoms with Gasteiger partial charge in [0, 0.05) is 24.2 Å². The smallest absolute Gasteiger partial charge is 0.407 e. The second kappa shape index (κ2) is 10.3.